The van der Waals surface area contributed by atoms with Crippen LogP contribution in [0.25, 0.3) is 33.2 Å². The van der Waals surface area contributed by atoms with Crippen LogP contribution in [0.3, 0.4) is 0 Å². The molecule has 0 saturated heterocycles. The smallest absolute Gasteiger partial charge is 0.181 e. The second kappa shape index (κ2) is 8.83. The third-order valence-corrected chi connectivity index (χ3v) is 7.91. The van der Waals surface area contributed by atoms with Crippen LogP contribution in [-0.2, 0) is 11.4 Å². The Morgan fingerprint density at radius 2 is 1.82 bits per heavy atom. The molecule has 1 heterocycles. The van der Waals surface area contributed by atoms with Crippen molar-refractivity contribution in [1.82, 2.24) is 9.71 Å². The maximum atomic E-state index is 15.3. The molecule has 1 atom stereocenters. The molecule has 4 aromatic rings. The molecule has 5 N–H and O–H groups in total. The van der Waals surface area contributed by atoms with Crippen LogP contribution >= 0.6 is 0 Å². The van der Waals surface area contributed by atoms with E-state index < -0.39 is 16.9 Å². The summed E-state index contributed by atoms with van der Waals surface area (Å²) < 4.78 is 31.7. The highest BCUT2D eigenvalue weighted by Gasteiger charge is 2.38. The molecule has 1 aliphatic rings. The highest BCUT2D eigenvalue weighted by molar-refractivity contribution is 7.89. The van der Waals surface area contributed by atoms with Gasteiger partial charge >= 0.3 is 0 Å². The lowest BCUT2D eigenvalue weighted by Gasteiger charge is -2.28. The first-order valence-corrected chi connectivity index (χ1v) is 12.2. The fraction of sp³-hybridized carbons (Fsp3) is 0.231. The fourth-order valence-electron chi connectivity index (χ4n) is 4.74. The molecule has 1 saturated carbocycles. The lowest BCUT2D eigenvalue weighted by Crippen LogP contribution is -2.49. The summed E-state index contributed by atoms with van der Waals surface area (Å²) >= 11 is -1.54. The Kier molecular flexibility index (Phi) is 5.88. The zero-order valence-electron chi connectivity index (χ0n) is 18.1. The van der Waals surface area contributed by atoms with Gasteiger partial charge in [-0.2, -0.15) is 0 Å². The maximum Gasteiger partial charge on any atom is 0.181 e. The monoisotopic (exact) mass is 463 g/mol. The summed E-state index contributed by atoms with van der Waals surface area (Å²) in [5, 5.41) is 10.8. The molecular weight excluding hydrogens is 437 g/mol. The predicted octanol–water partition coefficient (Wildman–Crippen LogP) is 5.14. The fourth-order valence-corrected chi connectivity index (χ4v) is 6.10. The summed E-state index contributed by atoms with van der Waals surface area (Å²) in [6.07, 6.45) is 5.38. The largest absolute Gasteiger partial charge is 0.593 e. The van der Waals surface area contributed by atoms with Gasteiger partial charge in [0.2, 0.25) is 0 Å². The van der Waals surface area contributed by atoms with Crippen molar-refractivity contribution in [2.24, 2.45) is 0 Å². The lowest BCUT2D eigenvalue weighted by atomic mass is 9.98. The summed E-state index contributed by atoms with van der Waals surface area (Å²) in [5.74, 6) is -0.377. The Morgan fingerprint density at radius 3 is 2.58 bits per heavy atom. The number of aliphatic hydroxyl groups excluding tert-OH is 1. The molecule has 0 spiro atoms. The van der Waals surface area contributed by atoms with Gasteiger partial charge in [-0.05, 0) is 60.4 Å². The number of hydrogen-bond acceptors (Lipinski definition) is 4. The van der Waals surface area contributed by atoms with Gasteiger partial charge in [-0.1, -0.05) is 37.1 Å². The van der Waals surface area contributed by atoms with Gasteiger partial charge in [0, 0.05) is 22.7 Å². The molecule has 33 heavy (non-hydrogen) atoms. The highest BCUT2D eigenvalue weighted by Crippen LogP contribution is 2.36. The zero-order valence-corrected chi connectivity index (χ0v) is 18.9. The molecule has 1 unspecified atom stereocenters. The van der Waals surface area contributed by atoms with Gasteiger partial charge in [0.25, 0.3) is 0 Å². The number of anilines is 1. The Hall–Kier alpha value is -2.84. The van der Waals surface area contributed by atoms with Crippen LogP contribution in [-0.4, -0.2) is 26.8 Å². The molecule has 1 aliphatic carbocycles. The van der Waals surface area contributed by atoms with E-state index in [2.05, 4.69) is 9.71 Å². The predicted molar refractivity (Wildman–Crippen MR) is 131 cm³/mol. The molecule has 7 heteroatoms. The van der Waals surface area contributed by atoms with Gasteiger partial charge in [-0.25, -0.2) is 4.39 Å². The first-order valence-electron chi connectivity index (χ1n) is 11.1. The van der Waals surface area contributed by atoms with Crippen LogP contribution in [0.4, 0.5) is 10.1 Å². The highest BCUT2D eigenvalue weighted by atomic mass is 32.2. The Balaban J connectivity index is 1.48. The number of aromatic amines is 1. The van der Waals surface area contributed by atoms with Crippen molar-refractivity contribution in [3.05, 3.63) is 72.7 Å². The molecule has 3 aromatic carbocycles. The third kappa shape index (κ3) is 4.13. The van der Waals surface area contributed by atoms with E-state index in [1.54, 1.807) is 18.2 Å². The summed E-state index contributed by atoms with van der Waals surface area (Å²) in [4.78, 5) is 3.66. The van der Waals surface area contributed by atoms with E-state index in [0.29, 0.717) is 32.8 Å². The lowest BCUT2D eigenvalue weighted by molar-refractivity contribution is 0.185. The minimum Gasteiger partial charge on any atom is -0.593 e. The second-order valence-electron chi connectivity index (χ2n) is 8.71. The SMILES string of the molecule is Nc1cc(-c2ccc(-c3ccccc3[S+]([O-])NC3(CO)CCCC3)cc2F)cc2cc[nH]c12. The minimum absolute atomic E-state index is 0.0567. The number of aliphatic hydroxyl groups is 1. The van der Waals surface area contributed by atoms with E-state index in [1.165, 1.54) is 6.07 Å². The van der Waals surface area contributed by atoms with Crippen LogP contribution in [0.15, 0.2) is 71.8 Å². The summed E-state index contributed by atoms with van der Waals surface area (Å²) in [6.45, 7) is -0.0567. The van der Waals surface area contributed by atoms with Gasteiger partial charge in [-0.3, -0.25) is 0 Å². The molecule has 1 aromatic heterocycles. The number of rotatable bonds is 6. The normalized spacial score (nSPS) is 16.3. The Labute approximate surface area is 195 Å². The Morgan fingerprint density at radius 1 is 1.03 bits per heavy atom. The van der Waals surface area contributed by atoms with Crippen molar-refractivity contribution >= 4 is 28.0 Å². The van der Waals surface area contributed by atoms with Gasteiger partial charge in [0.15, 0.2) is 4.90 Å². The number of benzene rings is 3. The molecule has 5 nitrogen and oxygen atoms in total. The molecular formula is C26H26FN3O2S. The minimum atomic E-state index is -1.54. The van der Waals surface area contributed by atoms with Crippen LogP contribution in [0.5, 0.6) is 0 Å². The summed E-state index contributed by atoms with van der Waals surface area (Å²) in [5.41, 5.74) is 9.51. The number of hydrogen-bond donors (Lipinski definition) is 4. The van der Waals surface area contributed by atoms with E-state index in [-0.39, 0.29) is 12.4 Å². The van der Waals surface area contributed by atoms with E-state index in [0.717, 1.165) is 36.6 Å². The van der Waals surface area contributed by atoms with E-state index >= 15 is 4.39 Å². The standard InChI is InChI=1S/C26H26FN3O2S/c27-22-14-17(7-8-20(22)19-13-18-9-12-29-25(18)23(28)15-19)21-5-1-2-6-24(21)33(32)30-26(16-31)10-3-4-11-26/h1-2,5-9,12-15,29-31H,3-4,10-11,16,28H2. The van der Waals surface area contributed by atoms with Gasteiger partial charge < -0.3 is 20.4 Å². The zero-order chi connectivity index (χ0) is 23.0. The first kappa shape index (κ1) is 22.0. The molecule has 0 bridgehead atoms. The second-order valence-corrected chi connectivity index (χ2v) is 9.90. The number of nitrogen functional groups attached to an aromatic ring is 1. The van der Waals surface area contributed by atoms with Crippen molar-refractivity contribution in [2.45, 2.75) is 36.1 Å². The van der Waals surface area contributed by atoms with E-state index in [4.69, 9.17) is 5.73 Å². The molecule has 0 radical (unpaired) electrons. The van der Waals surface area contributed by atoms with Crippen molar-refractivity contribution < 1.29 is 14.0 Å². The number of nitrogens with two attached hydrogens (primary N) is 1. The summed E-state index contributed by atoms with van der Waals surface area (Å²) in [7, 11) is 0. The summed E-state index contributed by atoms with van der Waals surface area (Å²) in [6, 6.07) is 17.9. The van der Waals surface area contributed by atoms with Crippen LogP contribution in [0.2, 0.25) is 0 Å². The van der Waals surface area contributed by atoms with Gasteiger partial charge in [0.05, 0.1) is 34.7 Å². The van der Waals surface area contributed by atoms with Crippen molar-refractivity contribution in [3.8, 4) is 22.3 Å². The maximum absolute atomic E-state index is 15.3. The van der Waals surface area contributed by atoms with E-state index in [1.807, 2.05) is 42.6 Å². The van der Waals surface area contributed by atoms with E-state index in [9.17, 15) is 9.66 Å². The quantitative estimate of drug-likeness (QED) is 0.235. The average Bonchev–Trinajstić information content (AvgIpc) is 3.49. The number of H-pyrrole nitrogens is 1. The molecule has 0 aliphatic heterocycles. The van der Waals surface area contributed by atoms with Crippen LogP contribution in [0.1, 0.15) is 25.7 Å². The van der Waals surface area contributed by atoms with Crippen molar-refractivity contribution in [3.63, 3.8) is 0 Å². The number of halogens is 1. The topological polar surface area (TPSA) is 97.1 Å². The Bertz CT molecular complexity index is 1300. The number of nitrogens with one attached hydrogen (secondary N) is 2. The third-order valence-electron chi connectivity index (χ3n) is 6.54. The molecule has 5 rings (SSSR count). The number of fused-ring (bicyclic) bond motifs is 1. The van der Waals surface area contributed by atoms with Crippen LogP contribution < -0.4 is 10.5 Å². The van der Waals surface area contributed by atoms with Gasteiger partial charge in [-0.15, -0.1) is 4.72 Å². The average molecular weight is 464 g/mol. The molecule has 0 amide bonds. The van der Waals surface area contributed by atoms with Gasteiger partial charge in [0.1, 0.15) is 5.82 Å². The molecule has 1 fully saturated rings. The first-order chi connectivity index (χ1) is 16.0. The number of aromatic nitrogens is 1. The van der Waals surface area contributed by atoms with Crippen molar-refractivity contribution in [1.29, 1.82) is 0 Å². The van der Waals surface area contributed by atoms with Crippen molar-refractivity contribution in [2.75, 3.05) is 12.3 Å². The molecule has 170 valence electrons. The van der Waals surface area contributed by atoms with Crippen LogP contribution in [0, 0.1) is 5.82 Å².